The molecule has 3 unspecified atom stereocenters. The first-order valence-corrected chi connectivity index (χ1v) is 10.1. The smallest absolute Gasteiger partial charge is 0.225 e. The van der Waals surface area contributed by atoms with E-state index in [1.165, 1.54) is 25.7 Å². The quantitative estimate of drug-likeness (QED) is 0.664. The molecule has 140 valence electrons. The molecule has 4 heteroatoms. The predicted octanol–water partition coefficient (Wildman–Crippen LogP) is 3.31. The van der Waals surface area contributed by atoms with Gasteiger partial charge in [-0.25, -0.2) is 0 Å². The first kappa shape index (κ1) is 19.7. The molecule has 1 amide bonds. The molecule has 24 heavy (non-hydrogen) atoms. The number of nitrogens with zero attached hydrogens (tertiary/aromatic N) is 1. The Bertz CT molecular complexity index is 378. The Morgan fingerprint density at radius 1 is 1.29 bits per heavy atom. The fraction of sp³-hybridized carbons (Fsp3) is 0.950. The van der Waals surface area contributed by atoms with Gasteiger partial charge >= 0.3 is 0 Å². The average Bonchev–Trinajstić information content (AvgIpc) is 3.35. The number of piperidine rings is 1. The van der Waals surface area contributed by atoms with Crippen LogP contribution in [0.5, 0.6) is 0 Å². The monoisotopic (exact) mass is 338 g/mol. The van der Waals surface area contributed by atoms with Gasteiger partial charge in [-0.05, 0) is 63.5 Å². The number of rotatable bonds is 10. The van der Waals surface area contributed by atoms with Gasteiger partial charge in [0.2, 0.25) is 5.91 Å². The lowest BCUT2D eigenvalue weighted by atomic mass is 9.95. The van der Waals surface area contributed by atoms with Crippen LogP contribution in [-0.4, -0.2) is 50.2 Å². The zero-order chi connectivity index (χ0) is 17.5. The van der Waals surface area contributed by atoms with Crippen molar-refractivity contribution in [2.45, 2.75) is 65.4 Å². The molecule has 4 nitrogen and oxygen atoms in total. The second kappa shape index (κ2) is 9.76. The molecule has 1 heterocycles. The van der Waals surface area contributed by atoms with Crippen molar-refractivity contribution in [3.8, 4) is 0 Å². The van der Waals surface area contributed by atoms with Crippen LogP contribution in [0.25, 0.3) is 0 Å². The van der Waals surface area contributed by atoms with E-state index in [1.54, 1.807) is 0 Å². The van der Waals surface area contributed by atoms with Gasteiger partial charge in [-0.1, -0.05) is 27.2 Å². The van der Waals surface area contributed by atoms with E-state index in [2.05, 4.69) is 12.2 Å². The summed E-state index contributed by atoms with van der Waals surface area (Å²) in [6, 6.07) is 0. The van der Waals surface area contributed by atoms with Crippen molar-refractivity contribution in [3.63, 3.8) is 0 Å². The van der Waals surface area contributed by atoms with Gasteiger partial charge in [0.15, 0.2) is 0 Å². The van der Waals surface area contributed by atoms with Gasteiger partial charge in [-0.3, -0.25) is 4.79 Å². The van der Waals surface area contributed by atoms with E-state index in [9.17, 15) is 4.79 Å². The number of hydrogen-bond acceptors (Lipinski definition) is 3. The molecule has 1 saturated carbocycles. The number of hydrogen-bond donors (Lipinski definition) is 1. The minimum absolute atomic E-state index is 0.115. The summed E-state index contributed by atoms with van der Waals surface area (Å²) in [4.78, 5) is 14.0. The average molecular weight is 339 g/mol. The predicted molar refractivity (Wildman–Crippen MR) is 98.9 cm³/mol. The molecule has 0 aromatic heterocycles. The molecule has 0 spiro atoms. The lowest BCUT2D eigenvalue weighted by Crippen LogP contribution is -2.42. The summed E-state index contributed by atoms with van der Waals surface area (Å²) in [5.74, 6) is 3.14. The fourth-order valence-corrected chi connectivity index (χ4v) is 4.23. The van der Waals surface area contributed by atoms with Crippen LogP contribution < -0.4 is 5.32 Å². The minimum atomic E-state index is 0.115. The maximum absolute atomic E-state index is 12.0. The third-order valence-electron chi connectivity index (χ3n) is 5.96. The van der Waals surface area contributed by atoms with Crippen LogP contribution in [0.3, 0.4) is 0 Å². The lowest BCUT2D eigenvalue weighted by Gasteiger charge is -2.33. The van der Waals surface area contributed by atoms with E-state index in [-0.39, 0.29) is 5.92 Å². The fourth-order valence-electron chi connectivity index (χ4n) is 4.23. The Morgan fingerprint density at radius 2 is 2.00 bits per heavy atom. The van der Waals surface area contributed by atoms with Crippen LogP contribution in [0, 0.1) is 23.7 Å². The van der Waals surface area contributed by atoms with E-state index < -0.39 is 0 Å². The van der Waals surface area contributed by atoms with E-state index in [0.29, 0.717) is 12.0 Å². The van der Waals surface area contributed by atoms with E-state index >= 15 is 0 Å². The number of ether oxygens (including phenoxy) is 1. The van der Waals surface area contributed by atoms with Crippen molar-refractivity contribution in [1.29, 1.82) is 0 Å². The number of nitrogens with one attached hydrogen (secondary N) is 1. The maximum atomic E-state index is 12.0. The van der Waals surface area contributed by atoms with Crippen molar-refractivity contribution in [1.82, 2.24) is 10.2 Å². The summed E-state index contributed by atoms with van der Waals surface area (Å²) in [6.07, 6.45) is 7.64. The lowest BCUT2D eigenvalue weighted by molar-refractivity contribution is -0.137. The highest BCUT2D eigenvalue weighted by Gasteiger charge is 2.41. The molecule has 3 atom stereocenters. The minimum Gasteiger partial charge on any atom is -0.378 e. The van der Waals surface area contributed by atoms with Crippen LogP contribution in [-0.2, 0) is 9.53 Å². The molecule has 2 fully saturated rings. The first-order chi connectivity index (χ1) is 11.6. The maximum Gasteiger partial charge on any atom is 0.225 e. The van der Waals surface area contributed by atoms with E-state index in [1.807, 2.05) is 25.8 Å². The van der Waals surface area contributed by atoms with Gasteiger partial charge in [-0.15, -0.1) is 0 Å². The highest BCUT2D eigenvalue weighted by atomic mass is 16.5. The summed E-state index contributed by atoms with van der Waals surface area (Å²) in [5, 5.41) is 3.28. The van der Waals surface area contributed by atoms with Crippen LogP contribution >= 0.6 is 0 Å². The third-order valence-corrected chi connectivity index (χ3v) is 5.96. The molecule has 2 rings (SSSR count). The Hall–Kier alpha value is -0.610. The van der Waals surface area contributed by atoms with Gasteiger partial charge in [0.1, 0.15) is 0 Å². The topological polar surface area (TPSA) is 41.6 Å². The summed E-state index contributed by atoms with van der Waals surface area (Å²) in [7, 11) is 2.05. The second-order valence-electron chi connectivity index (χ2n) is 8.06. The highest BCUT2D eigenvalue weighted by Crippen LogP contribution is 2.48. The molecule has 0 aromatic rings. The zero-order valence-electron chi connectivity index (χ0n) is 16.2. The summed E-state index contributed by atoms with van der Waals surface area (Å²) in [5.41, 5.74) is 0. The van der Waals surface area contributed by atoms with Crippen LogP contribution in [0.2, 0.25) is 0 Å². The molecule has 0 aromatic carbocycles. The van der Waals surface area contributed by atoms with Crippen LogP contribution in [0.4, 0.5) is 0 Å². The largest absolute Gasteiger partial charge is 0.378 e. The number of amides is 1. The van der Waals surface area contributed by atoms with E-state index in [0.717, 1.165) is 56.8 Å². The zero-order valence-corrected chi connectivity index (χ0v) is 16.2. The molecular weight excluding hydrogens is 300 g/mol. The molecule has 1 aliphatic heterocycles. The van der Waals surface area contributed by atoms with Gasteiger partial charge in [0.05, 0.1) is 6.10 Å². The molecule has 1 saturated heterocycles. The Balaban J connectivity index is 1.57. The molecule has 0 radical (unpaired) electrons. The third kappa shape index (κ3) is 5.73. The molecule has 0 bridgehead atoms. The van der Waals surface area contributed by atoms with E-state index in [4.69, 9.17) is 4.74 Å². The van der Waals surface area contributed by atoms with Crippen molar-refractivity contribution >= 4 is 5.91 Å². The van der Waals surface area contributed by atoms with Crippen LogP contribution in [0.1, 0.15) is 59.3 Å². The van der Waals surface area contributed by atoms with Gasteiger partial charge < -0.3 is 15.0 Å². The van der Waals surface area contributed by atoms with Gasteiger partial charge in [0, 0.05) is 25.6 Å². The Morgan fingerprint density at radius 3 is 2.58 bits per heavy atom. The molecule has 1 aliphatic carbocycles. The van der Waals surface area contributed by atoms with Crippen molar-refractivity contribution in [2.24, 2.45) is 23.7 Å². The van der Waals surface area contributed by atoms with Crippen molar-refractivity contribution < 1.29 is 9.53 Å². The normalized spacial score (nSPS) is 26.0. The summed E-state index contributed by atoms with van der Waals surface area (Å²) < 4.78 is 6.11. The molecule has 2 aliphatic rings. The standard InChI is InChI=1S/C20H38N2O2/c1-5-16(6-10-21-4)19-14-17(19)9-13-24-18-7-11-22(12-8-18)20(23)15(2)3/h15-19,21H,5-14H2,1-4H3. The summed E-state index contributed by atoms with van der Waals surface area (Å²) >= 11 is 0. The van der Waals surface area contributed by atoms with Crippen LogP contribution in [0.15, 0.2) is 0 Å². The first-order valence-electron chi connectivity index (χ1n) is 10.1. The number of carbonyl (C=O) groups is 1. The molecule has 1 N–H and O–H groups in total. The SMILES string of the molecule is CCC(CCNC)C1CC1CCOC1CCN(C(=O)C(C)C)CC1. The molecular formula is C20H38N2O2. The number of carbonyl (C=O) groups excluding carboxylic acids is 1. The number of likely N-dealkylation sites (tertiary alicyclic amines) is 1. The summed E-state index contributed by atoms with van der Waals surface area (Å²) in [6.45, 7) is 10.1. The Kier molecular flexibility index (Phi) is 8.02. The van der Waals surface area contributed by atoms with Crippen molar-refractivity contribution in [3.05, 3.63) is 0 Å². The second-order valence-corrected chi connectivity index (χ2v) is 8.06. The highest BCUT2D eigenvalue weighted by molar-refractivity contribution is 5.78. The van der Waals surface area contributed by atoms with Crippen molar-refractivity contribution in [2.75, 3.05) is 33.3 Å². The Labute approximate surface area is 148 Å². The van der Waals surface area contributed by atoms with Gasteiger partial charge in [0.25, 0.3) is 0 Å². The van der Waals surface area contributed by atoms with Gasteiger partial charge in [-0.2, -0.15) is 0 Å².